The zero-order valence-electron chi connectivity index (χ0n) is 11.1. The van der Waals surface area contributed by atoms with Crippen LogP contribution in [0.25, 0.3) is 0 Å². The minimum Gasteiger partial charge on any atom is -0.455 e. The van der Waals surface area contributed by atoms with Crippen LogP contribution >= 0.6 is 43.2 Å². The second-order valence-corrected chi connectivity index (χ2v) is 7.41. The van der Waals surface area contributed by atoms with Gasteiger partial charge in [0.25, 0.3) is 5.56 Å². The molecule has 0 atom stereocenters. The Hall–Kier alpha value is -1.19. The number of carbonyl (C=O) groups is 1. The smallest absolute Gasteiger partial charge is 0.348 e. The van der Waals surface area contributed by atoms with Crippen molar-refractivity contribution in [2.45, 2.75) is 6.61 Å². The predicted molar refractivity (Wildman–Crippen MR) is 85.8 cm³/mol. The minimum absolute atomic E-state index is 0.145. The fourth-order valence-electron chi connectivity index (χ4n) is 1.57. The molecule has 112 valence electrons. The van der Waals surface area contributed by atoms with Gasteiger partial charge in [0.2, 0.25) is 0 Å². The molecule has 0 spiro atoms. The van der Waals surface area contributed by atoms with Gasteiger partial charge in [-0.1, -0.05) is 0 Å². The molecule has 9 heteroatoms. The van der Waals surface area contributed by atoms with Gasteiger partial charge in [-0.2, -0.15) is 0 Å². The quantitative estimate of drug-likeness (QED) is 0.689. The van der Waals surface area contributed by atoms with Crippen molar-refractivity contribution >= 4 is 49.2 Å². The van der Waals surface area contributed by atoms with E-state index in [4.69, 9.17) is 4.74 Å². The van der Waals surface area contributed by atoms with Gasteiger partial charge in [-0.15, -0.1) is 11.3 Å². The summed E-state index contributed by atoms with van der Waals surface area (Å²) >= 11 is 7.81. The van der Waals surface area contributed by atoms with E-state index in [2.05, 4.69) is 31.9 Å². The summed E-state index contributed by atoms with van der Waals surface area (Å²) in [7, 11) is 2.91. The number of esters is 1. The van der Waals surface area contributed by atoms with E-state index in [0.717, 1.165) is 12.8 Å². The Morgan fingerprint density at radius 2 is 1.90 bits per heavy atom. The van der Waals surface area contributed by atoms with Crippen molar-refractivity contribution in [2.24, 2.45) is 14.1 Å². The molecule has 0 N–H and O–H groups in total. The molecule has 2 heterocycles. The summed E-state index contributed by atoms with van der Waals surface area (Å²) in [5.74, 6) is -0.514. The monoisotopic (exact) mass is 436 g/mol. The first-order valence-corrected chi connectivity index (χ1v) is 8.09. The van der Waals surface area contributed by atoms with E-state index in [9.17, 15) is 14.4 Å². The molecule has 0 aliphatic heterocycles. The maximum absolute atomic E-state index is 11.9. The van der Waals surface area contributed by atoms with Crippen molar-refractivity contribution in [1.82, 2.24) is 9.13 Å². The standard InChI is InChI=1S/C12H10Br2N2O4S/c1-15-6(3-9(17)16(2)12(15)19)5-20-11(18)8-4-7(13)10(14)21-8/h3-4H,5H2,1-2H3. The van der Waals surface area contributed by atoms with Crippen molar-refractivity contribution in [3.8, 4) is 0 Å². The lowest BCUT2D eigenvalue weighted by Gasteiger charge is -2.09. The first kappa shape index (κ1) is 16.2. The third kappa shape index (κ3) is 3.35. The average molecular weight is 438 g/mol. The second-order valence-electron chi connectivity index (χ2n) is 4.18. The van der Waals surface area contributed by atoms with E-state index in [0.29, 0.717) is 10.6 Å². The molecule has 21 heavy (non-hydrogen) atoms. The highest BCUT2D eigenvalue weighted by molar-refractivity contribution is 9.13. The van der Waals surface area contributed by atoms with E-state index in [1.807, 2.05) is 0 Å². The van der Waals surface area contributed by atoms with Crippen LogP contribution in [0.2, 0.25) is 0 Å². The Labute approximate surface area is 140 Å². The van der Waals surface area contributed by atoms with Crippen molar-refractivity contribution in [3.05, 3.63) is 51.8 Å². The summed E-state index contributed by atoms with van der Waals surface area (Å²) in [4.78, 5) is 35.6. The van der Waals surface area contributed by atoms with Gasteiger partial charge < -0.3 is 4.74 Å². The third-order valence-electron chi connectivity index (χ3n) is 2.82. The summed E-state index contributed by atoms with van der Waals surface area (Å²) in [6.45, 7) is -0.145. The molecule has 2 aromatic heterocycles. The molecule has 0 unspecified atom stereocenters. The molecule has 0 aromatic carbocycles. The summed E-state index contributed by atoms with van der Waals surface area (Å²) < 4.78 is 8.94. The molecule has 0 radical (unpaired) electrons. The average Bonchev–Trinajstić information content (AvgIpc) is 2.78. The zero-order valence-corrected chi connectivity index (χ0v) is 15.0. The largest absolute Gasteiger partial charge is 0.455 e. The maximum atomic E-state index is 11.9. The van der Waals surface area contributed by atoms with Crippen LogP contribution in [0.3, 0.4) is 0 Å². The molecule has 0 saturated carbocycles. The molecular weight excluding hydrogens is 428 g/mol. The first-order valence-electron chi connectivity index (χ1n) is 5.69. The maximum Gasteiger partial charge on any atom is 0.348 e. The van der Waals surface area contributed by atoms with Gasteiger partial charge in [-0.05, 0) is 37.9 Å². The third-order valence-corrected chi connectivity index (χ3v) is 6.06. The topological polar surface area (TPSA) is 70.3 Å². The second kappa shape index (κ2) is 6.29. The number of halogens is 2. The van der Waals surface area contributed by atoms with Gasteiger partial charge in [-0.3, -0.25) is 13.9 Å². The SMILES string of the molecule is Cn1c(COC(=O)c2cc(Br)c(Br)s2)cc(=O)n(C)c1=O. The highest BCUT2D eigenvalue weighted by Crippen LogP contribution is 2.32. The van der Waals surface area contributed by atoms with Crippen molar-refractivity contribution in [1.29, 1.82) is 0 Å². The summed E-state index contributed by atoms with van der Waals surface area (Å²) in [6, 6.07) is 2.91. The lowest BCUT2D eigenvalue weighted by molar-refractivity contribution is 0.0468. The fourth-order valence-corrected chi connectivity index (χ4v) is 3.50. The number of hydrogen-bond acceptors (Lipinski definition) is 5. The van der Waals surface area contributed by atoms with Gasteiger partial charge >= 0.3 is 11.7 Å². The molecule has 0 amide bonds. The molecule has 0 fully saturated rings. The normalized spacial score (nSPS) is 10.7. The number of aromatic nitrogens is 2. The Bertz CT molecular complexity index is 802. The lowest BCUT2D eigenvalue weighted by atomic mass is 10.4. The van der Waals surface area contributed by atoms with E-state index in [-0.39, 0.29) is 6.61 Å². The van der Waals surface area contributed by atoms with Crippen LogP contribution in [0.5, 0.6) is 0 Å². The van der Waals surface area contributed by atoms with Gasteiger partial charge in [0.15, 0.2) is 0 Å². The summed E-state index contributed by atoms with van der Waals surface area (Å²) in [5.41, 5.74) is -0.563. The molecule has 0 aliphatic rings. The predicted octanol–water partition coefficient (Wildman–Crippen LogP) is 2.03. The van der Waals surface area contributed by atoms with Crippen molar-refractivity contribution in [3.63, 3.8) is 0 Å². The fraction of sp³-hybridized carbons (Fsp3) is 0.250. The van der Waals surface area contributed by atoms with Crippen LogP contribution < -0.4 is 11.2 Å². The molecule has 6 nitrogen and oxygen atoms in total. The Morgan fingerprint density at radius 3 is 2.48 bits per heavy atom. The molecule has 2 rings (SSSR count). The van der Waals surface area contributed by atoms with E-state index in [1.54, 1.807) is 6.07 Å². The molecule has 0 aliphatic carbocycles. The molecular formula is C12H10Br2N2O4S. The highest BCUT2D eigenvalue weighted by atomic mass is 79.9. The molecule has 0 saturated heterocycles. The Kier molecular flexibility index (Phi) is 4.84. The van der Waals surface area contributed by atoms with E-state index < -0.39 is 17.2 Å². The lowest BCUT2D eigenvalue weighted by Crippen LogP contribution is -2.38. The minimum atomic E-state index is -0.514. The van der Waals surface area contributed by atoms with Crippen LogP contribution in [0.1, 0.15) is 15.4 Å². The van der Waals surface area contributed by atoms with Crippen LogP contribution in [-0.4, -0.2) is 15.1 Å². The van der Waals surface area contributed by atoms with Crippen LogP contribution in [0.4, 0.5) is 0 Å². The molecule has 0 bridgehead atoms. The van der Waals surface area contributed by atoms with Crippen LogP contribution in [0, 0.1) is 0 Å². The van der Waals surface area contributed by atoms with Gasteiger partial charge in [0, 0.05) is 24.6 Å². The van der Waals surface area contributed by atoms with Crippen molar-refractivity contribution < 1.29 is 9.53 Å². The van der Waals surface area contributed by atoms with Gasteiger partial charge in [0.1, 0.15) is 11.5 Å². The Balaban J connectivity index is 2.19. The summed E-state index contributed by atoms with van der Waals surface area (Å²) in [6.07, 6.45) is 0. The van der Waals surface area contributed by atoms with Gasteiger partial charge in [0.05, 0.1) is 9.48 Å². The number of thiophene rings is 1. The number of hydrogen-bond donors (Lipinski definition) is 0. The van der Waals surface area contributed by atoms with Crippen LogP contribution in [0.15, 0.2) is 30.0 Å². The van der Waals surface area contributed by atoms with Crippen LogP contribution in [-0.2, 0) is 25.4 Å². The first-order chi connectivity index (χ1) is 9.81. The van der Waals surface area contributed by atoms with Gasteiger partial charge in [-0.25, -0.2) is 9.59 Å². The molecule has 2 aromatic rings. The number of carbonyl (C=O) groups excluding carboxylic acids is 1. The van der Waals surface area contributed by atoms with Crippen molar-refractivity contribution in [2.75, 3.05) is 0 Å². The highest BCUT2D eigenvalue weighted by Gasteiger charge is 2.15. The number of rotatable bonds is 3. The van der Waals surface area contributed by atoms with E-state index >= 15 is 0 Å². The number of nitrogens with zero attached hydrogens (tertiary/aromatic N) is 2. The summed E-state index contributed by atoms with van der Waals surface area (Å²) in [5, 5.41) is 0. The Morgan fingerprint density at radius 1 is 1.24 bits per heavy atom. The van der Waals surface area contributed by atoms with E-state index in [1.165, 1.54) is 36.1 Å². The zero-order chi connectivity index (χ0) is 15.7. The number of ether oxygens (including phenoxy) is 1.